The summed E-state index contributed by atoms with van der Waals surface area (Å²) in [6, 6.07) is 0. The average molecular weight is 282 g/mol. The molecule has 0 bridgehead atoms. The Kier molecular flexibility index (Phi) is 6.24. The molecule has 0 N–H and O–H groups in total. The van der Waals surface area contributed by atoms with E-state index < -0.39 is 5.60 Å². The molecule has 1 aliphatic carbocycles. The highest BCUT2D eigenvalue weighted by atomic mass is 16.6. The van der Waals surface area contributed by atoms with Crippen LogP contribution < -0.4 is 0 Å². The van der Waals surface area contributed by atoms with Gasteiger partial charge in [-0.1, -0.05) is 5.57 Å². The van der Waals surface area contributed by atoms with Crippen LogP contribution in [0, 0.1) is 5.92 Å². The minimum atomic E-state index is -0.449. The lowest BCUT2D eigenvalue weighted by molar-refractivity contribution is -0.148. The van der Waals surface area contributed by atoms with Gasteiger partial charge in [0.2, 0.25) is 0 Å². The maximum atomic E-state index is 11.7. The molecule has 0 radical (unpaired) electrons. The van der Waals surface area contributed by atoms with Crippen LogP contribution in [0.4, 0.5) is 0 Å². The lowest BCUT2D eigenvalue weighted by Gasteiger charge is -2.23. The van der Waals surface area contributed by atoms with Crippen LogP contribution in [0.5, 0.6) is 0 Å². The van der Waals surface area contributed by atoms with E-state index in [1.54, 1.807) is 6.08 Å². The summed E-state index contributed by atoms with van der Waals surface area (Å²) in [5, 5.41) is 0. The topological polar surface area (TPSA) is 52.6 Å². The van der Waals surface area contributed by atoms with Crippen LogP contribution in [0.1, 0.15) is 59.8 Å². The van der Waals surface area contributed by atoms with E-state index in [9.17, 15) is 9.59 Å². The van der Waals surface area contributed by atoms with E-state index in [1.165, 1.54) is 0 Å². The number of esters is 2. The van der Waals surface area contributed by atoms with Gasteiger partial charge in [0.25, 0.3) is 0 Å². The van der Waals surface area contributed by atoms with Crippen molar-refractivity contribution in [3.63, 3.8) is 0 Å². The lowest BCUT2D eigenvalue weighted by Crippen LogP contribution is -2.23. The van der Waals surface area contributed by atoms with Gasteiger partial charge >= 0.3 is 11.9 Å². The normalized spacial score (nSPS) is 19.4. The van der Waals surface area contributed by atoms with Crippen LogP contribution in [0.2, 0.25) is 0 Å². The van der Waals surface area contributed by atoms with Gasteiger partial charge < -0.3 is 9.47 Å². The first kappa shape index (κ1) is 16.7. The Bertz CT molecular complexity index is 366. The summed E-state index contributed by atoms with van der Waals surface area (Å²) in [5.74, 6) is -0.00162. The molecular weight excluding hydrogens is 256 g/mol. The molecule has 1 fully saturated rings. The third-order valence-corrected chi connectivity index (χ3v) is 3.24. The summed E-state index contributed by atoms with van der Waals surface area (Å²) in [6.45, 7) is 7.84. The molecule has 0 aromatic carbocycles. The van der Waals surface area contributed by atoms with E-state index in [-0.39, 0.29) is 11.9 Å². The Labute approximate surface area is 121 Å². The van der Waals surface area contributed by atoms with E-state index in [0.717, 1.165) is 31.3 Å². The van der Waals surface area contributed by atoms with Crippen LogP contribution >= 0.6 is 0 Å². The van der Waals surface area contributed by atoms with E-state index in [4.69, 9.17) is 9.47 Å². The van der Waals surface area contributed by atoms with Gasteiger partial charge in [-0.2, -0.15) is 0 Å². The minimum Gasteiger partial charge on any atom is -0.466 e. The molecule has 114 valence electrons. The van der Waals surface area contributed by atoms with Gasteiger partial charge in [0.1, 0.15) is 5.60 Å². The van der Waals surface area contributed by atoms with Gasteiger partial charge in [0, 0.05) is 12.5 Å². The third-order valence-electron chi connectivity index (χ3n) is 3.24. The van der Waals surface area contributed by atoms with E-state index in [1.807, 2.05) is 27.7 Å². The predicted molar refractivity (Wildman–Crippen MR) is 77.1 cm³/mol. The summed E-state index contributed by atoms with van der Waals surface area (Å²) in [4.78, 5) is 23.1. The fraction of sp³-hybridized carbons (Fsp3) is 0.750. The van der Waals surface area contributed by atoms with Gasteiger partial charge in [-0.25, -0.2) is 4.79 Å². The van der Waals surface area contributed by atoms with Crippen molar-refractivity contribution in [3.8, 4) is 0 Å². The van der Waals surface area contributed by atoms with E-state index in [2.05, 4.69) is 0 Å². The summed E-state index contributed by atoms with van der Waals surface area (Å²) in [7, 11) is 0. The van der Waals surface area contributed by atoms with Crippen molar-refractivity contribution in [2.24, 2.45) is 5.92 Å². The Morgan fingerprint density at radius 1 is 1.25 bits per heavy atom. The lowest BCUT2D eigenvalue weighted by atomic mass is 9.84. The standard InChI is InChI=1S/C16H26O4/c1-5-19-14(17)10-12-6-8-13(9-7-12)11-15(18)20-16(2,3)4/h11-12H,5-10H2,1-4H3. The van der Waals surface area contributed by atoms with Crippen LogP contribution in [-0.2, 0) is 19.1 Å². The van der Waals surface area contributed by atoms with Crippen LogP contribution in [-0.4, -0.2) is 24.1 Å². The van der Waals surface area contributed by atoms with Crippen molar-refractivity contribution in [3.05, 3.63) is 11.6 Å². The SMILES string of the molecule is CCOC(=O)CC1CCC(=CC(=O)OC(C)(C)C)CC1. The number of carbonyl (C=O) groups is 2. The number of ether oxygens (including phenoxy) is 2. The first-order chi connectivity index (χ1) is 9.30. The van der Waals surface area contributed by atoms with Crippen molar-refractivity contribution in [1.29, 1.82) is 0 Å². The summed E-state index contributed by atoms with van der Waals surface area (Å²) in [6.07, 6.45) is 5.72. The second-order valence-corrected chi connectivity index (χ2v) is 6.29. The first-order valence-corrected chi connectivity index (χ1v) is 7.38. The largest absolute Gasteiger partial charge is 0.466 e. The summed E-state index contributed by atoms with van der Waals surface area (Å²) >= 11 is 0. The molecule has 20 heavy (non-hydrogen) atoms. The third kappa shape index (κ3) is 6.73. The highest BCUT2D eigenvalue weighted by Gasteiger charge is 2.21. The quantitative estimate of drug-likeness (QED) is 0.586. The highest BCUT2D eigenvalue weighted by molar-refractivity contribution is 5.83. The van der Waals surface area contributed by atoms with Gasteiger partial charge in [-0.15, -0.1) is 0 Å². The van der Waals surface area contributed by atoms with E-state index in [0.29, 0.717) is 18.9 Å². The molecule has 1 saturated carbocycles. The zero-order valence-electron chi connectivity index (χ0n) is 13.0. The fourth-order valence-electron chi connectivity index (χ4n) is 2.35. The average Bonchev–Trinajstić information content (AvgIpc) is 2.29. The van der Waals surface area contributed by atoms with Crippen LogP contribution in [0.3, 0.4) is 0 Å². The predicted octanol–water partition coefficient (Wildman–Crippen LogP) is 3.40. The van der Waals surface area contributed by atoms with Gasteiger partial charge in [0.15, 0.2) is 0 Å². The molecule has 0 aliphatic heterocycles. The molecule has 1 rings (SSSR count). The molecule has 0 amide bonds. The van der Waals surface area contributed by atoms with Crippen LogP contribution in [0.25, 0.3) is 0 Å². The van der Waals surface area contributed by atoms with Crippen molar-refractivity contribution < 1.29 is 19.1 Å². The van der Waals surface area contributed by atoms with Crippen LogP contribution in [0.15, 0.2) is 11.6 Å². The Hall–Kier alpha value is -1.32. The zero-order chi connectivity index (χ0) is 15.2. The van der Waals surface area contributed by atoms with Crippen molar-refractivity contribution in [1.82, 2.24) is 0 Å². The second-order valence-electron chi connectivity index (χ2n) is 6.29. The Morgan fingerprint density at radius 3 is 2.35 bits per heavy atom. The Balaban J connectivity index is 2.38. The molecule has 4 nitrogen and oxygen atoms in total. The smallest absolute Gasteiger partial charge is 0.331 e. The number of hydrogen-bond donors (Lipinski definition) is 0. The van der Waals surface area contributed by atoms with Gasteiger partial charge in [-0.3, -0.25) is 4.79 Å². The molecule has 1 aliphatic rings. The second kappa shape index (κ2) is 7.46. The number of hydrogen-bond acceptors (Lipinski definition) is 4. The molecule has 0 saturated heterocycles. The maximum Gasteiger partial charge on any atom is 0.331 e. The first-order valence-electron chi connectivity index (χ1n) is 7.38. The van der Waals surface area contributed by atoms with Gasteiger partial charge in [-0.05, 0) is 59.3 Å². The molecule has 0 aromatic rings. The minimum absolute atomic E-state index is 0.114. The number of carbonyl (C=O) groups excluding carboxylic acids is 2. The fourth-order valence-corrected chi connectivity index (χ4v) is 2.35. The molecule has 0 heterocycles. The number of allylic oxidation sites excluding steroid dienone is 1. The summed E-state index contributed by atoms with van der Waals surface area (Å²) < 4.78 is 10.2. The van der Waals surface area contributed by atoms with Crippen molar-refractivity contribution >= 4 is 11.9 Å². The zero-order valence-corrected chi connectivity index (χ0v) is 13.0. The monoisotopic (exact) mass is 282 g/mol. The molecule has 0 aromatic heterocycles. The van der Waals surface area contributed by atoms with Crippen molar-refractivity contribution in [2.75, 3.05) is 6.61 Å². The van der Waals surface area contributed by atoms with E-state index >= 15 is 0 Å². The molecular formula is C16H26O4. The summed E-state index contributed by atoms with van der Waals surface area (Å²) in [5.41, 5.74) is 0.675. The molecule has 0 unspecified atom stereocenters. The molecule has 0 spiro atoms. The maximum absolute atomic E-state index is 11.7. The van der Waals surface area contributed by atoms with Gasteiger partial charge in [0.05, 0.1) is 6.61 Å². The highest BCUT2D eigenvalue weighted by Crippen LogP contribution is 2.30. The van der Waals surface area contributed by atoms with Crippen molar-refractivity contribution in [2.45, 2.75) is 65.4 Å². The molecule has 4 heteroatoms. The molecule has 0 atom stereocenters. The Morgan fingerprint density at radius 2 is 1.85 bits per heavy atom. The number of rotatable bonds is 4.